The molecule has 0 saturated carbocycles. The van der Waals surface area contributed by atoms with Crippen LogP contribution in [0.25, 0.3) is 0 Å². The normalized spacial score (nSPS) is 16.6. The number of likely N-dealkylation sites (tertiary alicyclic amines) is 1. The molecule has 1 rings (SSSR count). The van der Waals surface area contributed by atoms with E-state index in [1.807, 2.05) is 20.8 Å². The van der Waals surface area contributed by atoms with Crippen LogP contribution in [-0.4, -0.2) is 42.3 Å². The molecule has 0 radical (unpaired) electrons. The maximum absolute atomic E-state index is 11.9. The molecule has 1 heterocycles. The number of carbonyl (C=O) groups is 1. The molecule has 1 fully saturated rings. The van der Waals surface area contributed by atoms with E-state index in [1.165, 1.54) is 0 Å². The van der Waals surface area contributed by atoms with Gasteiger partial charge in [0.15, 0.2) is 0 Å². The molecule has 5 nitrogen and oxygen atoms in total. The van der Waals surface area contributed by atoms with E-state index < -0.39 is 5.60 Å². The number of nitrogens with zero attached hydrogens (tertiary/aromatic N) is 2. The van der Waals surface area contributed by atoms with Crippen LogP contribution in [0.5, 0.6) is 0 Å². The van der Waals surface area contributed by atoms with Crippen molar-refractivity contribution in [2.75, 3.05) is 19.6 Å². The zero-order valence-corrected chi connectivity index (χ0v) is 12.9. The zero-order valence-electron chi connectivity index (χ0n) is 12.9. The van der Waals surface area contributed by atoms with E-state index in [4.69, 9.17) is 4.74 Å². The van der Waals surface area contributed by atoms with Gasteiger partial charge in [0.2, 0.25) is 6.08 Å². The Kier molecular flexibility index (Phi) is 6.73. The lowest BCUT2D eigenvalue weighted by atomic mass is 9.92. The highest BCUT2D eigenvalue weighted by molar-refractivity contribution is 5.68. The first-order valence-corrected chi connectivity index (χ1v) is 7.44. The number of rotatable bonds is 5. The number of aliphatic imine (C=N–C) groups is 1. The molecule has 0 aliphatic carbocycles. The van der Waals surface area contributed by atoms with Gasteiger partial charge < -0.3 is 9.64 Å². The summed E-state index contributed by atoms with van der Waals surface area (Å²) in [5.74, 6) is 0.675. The summed E-state index contributed by atoms with van der Waals surface area (Å²) in [4.78, 5) is 27.2. The van der Waals surface area contributed by atoms with Crippen LogP contribution in [-0.2, 0) is 9.53 Å². The largest absolute Gasteiger partial charge is 0.444 e. The van der Waals surface area contributed by atoms with E-state index in [9.17, 15) is 9.59 Å². The third kappa shape index (κ3) is 6.71. The Labute approximate surface area is 121 Å². The Morgan fingerprint density at radius 3 is 2.50 bits per heavy atom. The first-order chi connectivity index (χ1) is 9.42. The highest BCUT2D eigenvalue weighted by Crippen LogP contribution is 2.23. The van der Waals surface area contributed by atoms with Gasteiger partial charge in [-0.05, 0) is 46.0 Å². The van der Waals surface area contributed by atoms with Gasteiger partial charge in [-0.25, -0.2) is 14.6 Å². The summed E-state index contributed by atoms with van der Waals surface area (Å²) in [6, 6.07) is 0. The van der Waals surface area contributed by atoms with Crippen LogP contribution in [0.2, 0.25) is 0 Å². The first kappa shape index (κ1) is 16.7. The Morgan fingerprint density at radius 1 is 1.30 bits per heavy atom. The summed E-state index contributed by atoms with van der Waals surface area (Å²) in [6.45, 7) is 7.82. The molecule has 0 bridgehead atoms. The predicted molar refractivity (Wildman–Crippen MR) is 77.4 cm³/mol. The van der Waals surface area contributed by atoms with Crippen LogP contribution in [0, 0.1) is 5.92 Å². The average Bonchev–Trinajstić information content (AvgIpc) is 2.37. The Bertz CT molecular complexity index is 349. The molecule has 1 saturated heterocycles. The molecule has 0 aromatic carbocycles. The van der Waals surface area contributed by atoms with Crippen molar-refractivity contribution in [2.45, 2.75) is 58.5 Å². The van der Waals surface area contributed by atoms with Gasteiger partial charge in [0.1, 0.15) is 5.60 Å². The van der Waals surface area contributed by atoms with E-state index in [0.29, 0.717) is 12.5 Å². The lowest BCUT2D eigenvalue weighted by molar-refractivity contribution is 0.0180. The molecule has 5 heteroatoms. The number of hydrogen-bond acceptors (Lipinski definition) is 4. The molecule has 1 amide bonds. The quantitative estimate of drug-likeness (QED) is 0.442. The minimum atomic E-state index is -0.424. The third-order valence-corrected chi connectivity index (χ3v) is 3.46. The second-order valence-electron chi connectivity index (χ2n) is 6.38. The number of isocyanates is 1. The Morgan fingerprint density at radius 2 is 1.95 bits per heavy atom. The molecular formula is C15H26N2O3. The molecule has 1 aliphatic heterocycles. The molecule has 0 unspecified atom stereocenters. The van der Waals surface area contributed by atoms with Crippen LogP contribution >= 0.6 is 0 Å². The summed E-state index contributed by atoms with van der Waals surface area (Å²) >= 11 is 0. The van der Waals surface area contributed by atoms with E-state index in [2.05, 4.69) is 4.99 Å². The topological polar surface area (TPSA) is 59.0 Å². The van der Waals surface area contributed by atoms with Crippen LogP contribution in [0.1, 0.15) is 52.9 Å². The molecule has 0 atom stereocenters. The SMILES string of the molecule is CC(C)(C)OC(=O)N1CCC(CCCCN=C=O)CC1. The molecule has 20 heavy (non-hydrogen) atoms. The second-order valence-corrected chi connectivity index (χ2v) is 6.38. The molecular weight excluding hydrogens is 256 g/mol. The third-order valence-electron chi connectivity index (χ3n) is 3.46. The van der Waals surface area contributed by atoms with E-state index in [1.54, 1.807) is 11.0 Å². The molecule has 0 N–H and O–H groups in total. The fourth-order valence-corrected chi connectivity index (χ4v) is 2.40. The summed E-state index contributed by atoms with van der Waals surface area (Å²) in [6.07, 6.45) is 6.62. The van der Waals surface area contributed by atoms with Gasteiger partial charge in [0, 0.05) is 13.1 Å². The van der Waals surface area contributed by atoms with Gasteiger partial charge in [-0.1, -0.05) is 12.8 Å². The van der Waals surface area contributed by atoms with Gasteiger partial charge in [-0.3, -0.25) is 0 Å². The molecule has 1 aliphatic rings. The fourth-order valence-electron chi connectivity index (χ4n) is 2.40. The van der Waals surface area contributed by atoms with Crippen molar-refractivity contribution in [1.82, 2.24) is 4.90 Å². The summed E-state index contributed by atoms with van der Waals surface area (Å²) in [7, 11) is 0. The zero-order chi connectivity index (χ0) is 15.0. The minimum absolute atomic E-state index is 0.198. The highest BCUT2D eigenvalue weighted by atomic mass is 16.6. The van der Waals surface area contributed by atoms with Crippen LogP contribution in [0.3, 0.4) is 0 Å². The summed E-state index contributed by atoms with van der Waals surface area (Å²) in [5, 5.41) is 0. The number of hydrogen-bond donors (Lipinski definition) is 0. The van der Waals surface area contributed by atoms with Crippen molar-refractivity contribution in [3.63, 3.8) is 0 Å². The number of ether oxygens (including phenoxy) is 1. The van der Waals surface area contributed by atoms with E-state index >= 15 is 0 Å². The van der Waals surface area contributed by atoms with Crippen LogP contribution in [0.4, 0.5) is 4.79 Å². The smallest absolute Gasteiger partial charge is 0.410 e. The minimum Gasteiger partial charge on any atom is -0.444 e. The molecule has 114 valence electrons. The Hall–Kier alpha value is -1.35. The lowest BCUT2D eigenvalue weighted by Gasteiger charge is -2.33. The maximum Gasteiger partial charge on any atom is 0.410 e. The predicted octanol–water partition coefficient (Wildman–Crippen LogP) is 3.14. The maximum atomic E-state index is 11.9. The molecule has 0 aromatic heterocycles. The summed E-state index contributed by atoms with van der Waals surface area (Å²) in [5.41, 5.74) is -0.424. The van der Waals surface area contributed by atoms with Gasteiger partial charge in [0.05, 0.1) is 6.54 Å². The first-order valence-electron chi connectivity index (χ1n) is 7.44. The van der Waals surface area contributed by atoms with E-state index in [-0.39, 0.29) is 6.09 Å². The number of piperidine rings is 1. The van der Waals surface area contributed by atoms with Crippen molar-refractivity contribution in [3.8, 4) is 0 Å². The fraction of sp³-hybridized carbons (Fsp3) is 0.867. The lowest BCUT2D eigenvalue weighted by Crippen LogP contribution is -2.41. The van der Waals surface area contributed by atoms with Crippen molar-refractivity contribution in [3.05, 3.63) is 0 Å². The monoisotopic (exact) mass is 282 g/mol. The number of amides is 1. The molecule has 0 aromatic rings. The van der Waals surface area contributed by atoms with Gasteiger partial charge >= 0.3 is 6.09 Å². The van der Waals surface area contributed by atoms with Crippen LogP contribution in [0.15, 0.2) is 4.99 Å². The number of carbonyl (C=O) groups excluding carboxylic acids is 2. The van der Waals surface area contributed by atoms with Crippen molar-refractivity contribution in [2.24, 2.45) is 10.9 Å². The second kappa shape index (κ2) is 8.05. The highest BCUT2D eigenvalue weighted by Gasteiger charge is 2.26. The Balaban J connectivity index is 2.19. The van der Waals surface area contributed by atoms with Gasteiger partial charge in [-0.2, -0.15) is 0 Å². The van der Waals surface area contributed by atoms with Crippen molar-refractivity contribution in [1.29, 1.82) is 0 Å². The van der Waals surface area contributed by atoms with Crippen LogP contribution < -0.4 is 0 Å². The van der Waals surface area contributed by atoms with E-state index in [0.717, 1.165) is 45.2 Å². The van der Waals surface area contributed by atoms with Gasteiger partial charge in [0.25, 0.3) is 0 Å². The average molecular weight is 282 g/mol. The summed E-state index contributed by atoms with van der Waals surface area (Å²) < 4.78 is 5.38. The van der Waals surface area contributed by atoms with Crippen molar-refractivity contribution < 1.29 is 14.3 Å². The van der Waals surface area contributed by atoms with Crippen molar-refractivity contribution >= 4 is 12.2 Å². The number of unbranched alkanes of at least 4 members (excludes halogenated alkanes) is 1. The standard InChI is InChI=1S/C15H26N2O3/c1-15(2,3)20-14(19)17-10-7-13(8-11-17)6-4-5-9-16-12-18/h13H,4-11H2,1-3H3. The van der Waals surface area contributed by atoms with Gasteiger partial charge in [-0.15, -0.1) is 0 Å². The molecule has 0 spiro atoms.